The quantitative estimate of drug-likeness (QED) is 0.242. The number of primary sulfonamides is 1. The van der Waals surface area contributed by atoms with Gasteiger partial charge in [0.1, 0.15) is 6.04 Å². The van der Waals surface area contributed by atoms with E-state index in [0.717, 1.165) is 4.90 Å². The number of carboxylic acid groups (broad SMARTS) is 1. The number of carbonyl (C=O) groups is 3. The fourth-order valence-electron chi connectivity index (χ4n) is 2.55. The summed E-state index contributed by atoms with van der Waals surface area (Å²) >= 11 is 0. The van der Waals surface area contributed by atoms with Crippen molar-refractivity contribution >= 4 is 27.9 Å². The Labute approximate surface area is 147 Å². The third-order valence-electron chi connectivity index (χ3n) is 3.61. The molecule has 2 aliphatic rings. The summed E-state index contributed by atoms with van der Waals surface area (Å²) in [5.41, 5.74) is 2.43. The van der Waals surface area contributed by atoms with Crippen molar-refractivity contribution < 1.29 is 42.0 Å². The van der Waals surface area contributed by atoms with Crippen molar-refractivity contribution in [2.45, 2.75) is 25.4 Å². The van der Waals surface area contributed by atoms with Gasteiger partial charge in [-0.1, -0.05) is 6.08 Å². The molecule has 2 rings (SSSR count). The summed E-state index contributed by atoms with van der Waals surface area (Å²) in [4.78, 5) is 45.3. The number of alkyl halides is 1. The van der Waals surface area contributed by atoms with Gasteiger partial charge in [0, 0.05) is 0 Å². The van der Waals surface area contributed by atoms with Gasteiger partial charge in [0.05, 0.1) is 24.9 Å². The molecule has 146 valence electrons. The topological polar surface area (TPSA) is 169 Å². The molecule has 2 heterocycles. The van der Waals surface area contributed by atoms with Gasteiger partial charge in [-0.05, 0) is 12.5 Å². The number of hydrogen-bond donors (Lipinski definition) is 3. The van der Waals surface area contributed by atoms with Gasteiger partial charge in [0.25, 0.3) is 5.91 Å². The van der Waals surface area contributed by atoms with E-state index < -0.39 is 58.7 Å². The molecular weight excluding hydrogens is 379 g/mol. The van der Waals surface area contributed by atoms with Crippen molar-refractivity contribution in [3.8, 4) is 0 Å². The molecule has 0 aromatic carbocycles. The van der Waals surface area contributed by atoms with Crippen molar-refractivity contribution in [3.05, 3.63) is 11.6 Å². The molecule has 12 nitrogen and oxygen atoms in total. The van der Waals surface area contributed by atoms with E-state index in [-0.39, 0.29) is 6.54 Å². The number of carboxylic acids is 1. The molecule has 0 spiro atoms. The summed E-state index contributed by atoms with van der Waals surface area (Å²) in [7, 11) is -3.76. The number of urea groups is 1. The zero-order valence-electron chi connectivity index (χ0n) is 13.5. The second kappa shape index (κ2) is 7.53. The number of halogens is 1. The number of nitrogens with one attached hydrogen (secondary N) is 1. The smallest absolute Gasteiger partial charge is 0.368 e. The lowest BCUT2D eigenvalue weighted by atomic mass is 10.0. The van der Waals surface area contributed by atoms with Crippen molar-refractivity contribution in [1.82, 2.24) is 15.4 Å². The van der Waals surface area contributed by atoms with E-state index >= 15 is 0 Å². The standard InChI is InChI=1S/C12H17FN4O8S/c1-6-4-7-5-16(12(21)17(7)25-9(13)11(19)20)8(6)10(18)15-24-2-3-26(14,22)23/h4,7-9H,2-3,5H2,1H3,(H,15,18)(H,19,20)(H2,14,22,23)/t7-,8-,9+/m0/s1. The van der Waals surface area contributed by atoms with Crippen LogP contribution in [0.3, 0.4) is 0 Å². The minimum absolute atomic E-state index is 0.0300. The first-order valence-electron chi connectivity index (χ1n) is 7.25. The highest BCUT2D eigenvalue weighted by Crippen LogP contribution is 2.30. The molecule has 2 aliphatic heterocycles. The summed E-state index contributed by atoms with van der Waals surface area (Å²) in [5, 5.41) is 13.9. The minimum atomic E-state index is -3.76. The molecule has 0 saturated carbocycles. The minimum Gasteiger partial charge on any atom is -0.477 e. The Morgan fingerprint density at radius 3 is 2.77 bits per heavy atom. The van der Waals surface area contributed by atoms with E-state index in [9.17, 15) is 27.2 Å². The van der Waals surface area contributed by atoms with Gasteiger partial charge in [0.2, 0.25) is 10.0 Å². The number of sulfonamides is 1. The maximum absolute atomic E-state index is 13.2. The summed E-state index contributed by atoms with van der Waals surface area (Å²) < 4.78 is 34.8. The summed E-state index contributed by atoms with van der Waals surface area (Å²) in [6.45, 7) is 1.11. The predicted octanol–water partition coefficient (Wildman–Crippen LogP) is -1.93. The third kappa shape index (κ3) is 4.46. The second-order valence-electron chi connectivity index (χ2n) is 5.58. The fraction of sp³-hybridized carbons (Fsp3) is 0.583. The number of nitrogens with two attached hydrogens (primary N) is 1. The van der Waals surface area contributed by atoms with Crippen molar-refractivity contribution in [2.24, 2.45) is 5.14 Å². The summed E-state index contributed by atoms with van der Waals surface area (Å²) in [6.07, 6.45) is -1.27. The zero-order chi connectivity index (χ0) is 19.6. The molecule has 0 aliphatic carbocycles. The Bertz CT molecular complexity index is 742. The van der Waals surface area contributed by atoms with Gasteiger partial charge in [-0.2, -0.15) is 5.06 Å². The van der Waals surface area contributed by atoms with Gasteiger partial charge in [-0.3, -0.25) is 9.63 Å². The highest BCUT2D eigenvalue weighted by atomic mass is 32.2. The number of hydroxylamine groups is 3. The molecular formula is C12H17FN4O8S. The Kier molecular flexibility index (Phi) is 5.80. The largest absolute Gasteiger partial charge is 0.477 e. The molecule has 1 fully saturated rings. The average Bonchev–Trinajstić information content (AvgIpc) is 2.75. The van der Waals surface area contributed by atoms with E-state index in [1.165, 1.54) is 13.0 Å². The fourth-order valence-corrected chi connectivity index (χ4v) is 2.87. The Morgan fingerprint density at radius 2 is 2.19 bits per heavy atom. The van der Waals surface area contributed by atoms with Crippen LogP contribution in [-0.2, 0) is 29.3 Å². The second-order valence-corrected chi connectivity index (χ2v) is 7.32. The maximum Gasteiger partial charge on any atom is 0.368 e. The Hall–Kier alpha value is -2.29. The SMILES string of the molecule is CC1=C[C@H]2CN(C(=O)N2O[C@@H](F)C(=O)O)[C@@H]1C(=O)NOCCS(N)(=O)=O. The van der Waals surface area contributed by atoms with E-state index in [2.05, 4.69) is 4.84 Å². The van der Waals surface area contributed by atoms with Crippen molar-refractivity contribution in [2.75, 3.05) is 18.9 Å². The van der Waals surface area contributed by atoms with E-state index in [4.69, 9.17) is 15.1 Å². The van der Waals surface area contributed by atoms with E-state index in [1.807, 2.05) is 5.48 Å². The maximum atomic E-state index is 13.2. The first-order chi connectivity index (χ1) is 12.0. The van der Waals surface area contributed by atoms with Crippen molar-refractivity contribution in [3.63, 3.8) is 0 Å². The van der Waals surface area contributed by atoms with E-state index in [1.54, 1.807) is 0 Å². The first-order valence-corrected chi connectivity index (χ1v) is 8.96. The van der Waals surface area contributed by atoms with Crippen molar-refractivity contribution in [1.29, 1.82) is 0 Å². The number of nitrogens with zero attached hydrogens (tertiary/aromatic N) is 2. The van der Waals surface area contributed by atoms with Crippen LogP contribution in [0.2, 0.25) is 0 Å². The van der Waals surface area contributed by atoms with Crippen LogP contribution < -0.4 is 10.6 Å². The summed E-state index contributed by atoms with van der Waals surface area (Å²) in [6, 6.07) is -2.76. The average molecular weight is 396 g/mol. The normalized spacial score (nSPS) is 23.7. The number of rotatable bonds is 8. The van der Waals surface area contributed by atoms with Crippen LogP contribution in [0.1, 0.15) is 6.92 Å². The zero-order valence-corrected chi connectivity index (χ0v) is 14.3. The van der Waals surface area contributed by atoms with Gasteiger partial charge < -0.3 is 10.0 Å². The molecule has 2 bridgehead atoms. The number of hydrogen-bond acceptors (Lipinski definition) is 7. The van der Waals surface area contributed by atoms with Crippen LogP contribution in [0.5, 0.6) is 0 Å². The molecule has 1 saturated heterocycles. The molecule has 0 radical (unpaired) electrons. The molecule has 0 aromatic rings. The number of aliphatic carboxylic acids is 1. The molecule has 14 heteroatoms. The van der Waals surface area contributed by atoms with Crippen LogP contribution in [0, 0.1) is 0 Å². The third-order valence-corrected chi connectivity index (χ3v) is 4.34. The van der Waals surface area contributed by atoms with Crippen LogP contribution in [0.4, 0.5) is 9.18 Å². The molecule has 3 atom stereocenters. The van der Waals surface area contributed by atoms with Crippen LogP contribution in [0.15, 0.2) is 11.6 Å². The first kappa shape index (κ1) is 20.0. The van der Waals surface area contributed by atoms with Crippen LogP contribution in [-0.4, -0.2) is 78.7 Å². The van der Waals surface area contributed by atoms with Gasteiger partial charge in [-0.15, -0.1) is 0 Å². The number of fused-ring (bicyclic) bond motifs is 2. The van der Waals surface area contributed by atoms with Gasteiger partial charge in [0.15, 0.2) is 0 Å². The number of carbonyl (C=O) groups excluding carboxylic acids is 2. The molecule has 26 heavy (non-hydrogen) atoms. The predicted molar refractivity (Wildman–Crippen MR) is 81.0 cm³/mol. The highest BCUT2D eigenvalue weighted by molar-refractivity contribution is 7.89. The molecule has 0 aromatic heterocycles. The lowest BCUT2D eigenvalue weighted by molar-refractivity contribution is -0.219. The van der Waals surface area contributed by atoms with Gasteiger partial charge >= 0.3 is 18.4 Å². The number of amides is 3. The van der Waals surface area contributed by atoms with E-state index in [0.29, 0.717) is 10.6 Å². The highest BCUT2D eigenvalue weighted by Gasteiger charge is 2.48. The monoisotopic (exact) mass is 396 g/mol. The molecule has 0 unspecified atom stereocenters. The lowest BCUT2D eigenvalue weighted by Gasteiger charge is -2.28. The Morgan fingerprint density at radius 1 is 1.54 bits per heavy atom. The lowest BCUT2D eigenvalue weighted by Crippen LogP contribution is -2.50. The Balaban J connectivity index is 2.01. The molecule has 4 N–H and O–H groups in total. The summed E-state index contributed by atoms with van der Waals surface area (Å²) in [5.74, 6) is -3.18. The van der Waals surface area contributed by atoms with Crippen LogP contribution in [0.25, 0.3) is 0 Å². The van der Waals surface area contributed by atoms with Gasteiger partial charge in [-0.25, -0.2) is 37.9 Å². The van der Waals surface area contributed by atoms with Crippen LogP contribution >= 0.6 is 0 Å². The molecule has 3 amide bonds.